The number of rotatable bonds is 7. The lowest BCUT2D eigenvalue weighted by Crippen LogP contribution is -2.36. The van der Waals surface area contributed by atoms with Crippen LogP contribution in [0.15, 0.2) is 84.2 Å². The van der Waals surface area contributed by atoms with Gasteiger partial charge in [0.2, 0.25) is 0 Å². The van der Waals surface area contributed by atoms with E-state index in [4.69, 9.17) is 4.74 Å². The van der Waals surface area contributed by atoms with Gasteiger partial charge in [-0.2, -0.15) is 0 Å². The summed E-state index contributed by atoms with van der Waals surface area (Å²) in [7, 11) is 0. The number of anilines is 1. The van der Waals surface area contributed by atoms with Crippen molar-refractivity contribution in [1.82, 2.24) is 9.47 Å². The van der Waals surface area contributed by atoms with E-state index < -0.39 is 23.0 Å². The zero-order chi connectivity index (χ0) is 25.1. The Morgan fingerprint density at radius 1 is 1.08 bits per heavy atom. The number of carbonyl (C=O) groups is 1. The molecule has 186 valence electrons. The summed E-state index contributed by atoms with van der Waals surface area (Å²) in [5, 5.41) is 14.8. The SMILES string of the molecule is CC1=C(C(=O)OC(CN2CCCCC2)c2ccccc2)C(c2cccc([N+](=O)[O-])c2)n2cccc2N1. The number of hydrogen-bond donors (Lipinski definition) is 1. The van der Waals surface area contributed by atoms with Gasteiger partial charge in [0.1, 0.15) is 11.9 Å². The molecule has 1 N–H and O–H groups in total. The molecule has 2 aliphatic rings. The Morgan fingerprint density at radius 2 is 1.86 bits per heavy atom. The molecule has 0 aliphatic carbocycles. The van der Waals surface area contributed by atoms with Crippen molar-refractivity contribution in [2.24, 2.45) is 0 Å². The number of esters is 1. The minimum absolute atomic E-state index is 0.0163. The molecule has 36 heavy (non-hydrogen) atoms. The summed E-state index contributed by atoms with van der Waals surface area (Å²) in [5.74, 6) is 0.384. The topological polar surface area (TPSA) is 89.6 Å². The van der Waals surface area contributed by atoms with Gasteiger partial charge in [0.15, 0.2) is 0 Å². The van der Waals surface area contributed by atoms with Crippen LogP contribution in [0.3, 0.4) is 0 Å². The molecule has 0 saturated carbocycles. The molecule has 0 spiro atoms. The Bertz CT molecular complexity index is 1280. The first-order chi connectivity index (χ1) is 17.5. The second-order valence-electron chi connectivity index (χ2n) is 9.38. The van der Waals surface area contributed by atoms with Crippen molar-refractivity contribution in [3.63, 3.8) is 0 Å². The van der Waals surface area contributed by atoms with Crippen LogP contribution in [0, 0.1) is 10.1 Å². The third-order valence-corrected chi connectivity index (χ3v) is 6.96. The van der Waals surface area contributed by atoms with E-state index in [1.165, 1.54) is 18.6 Å². The molecule has 0 amide bonds. The summed E-state index contributed by atoms with van der Waals surface area (Å²) in [4.78, 5) is 27.3. The maximum atomic E-state index is 13.9. The van der Waals surface area contributed by atoms with Crippen molar-refractivity contribution < 1.29 is 14.5 Å². The summed E-state index contributed by atoms with van der Waals surface area (Å²) in [6.45, 7) is 4.46. The molecule has 2 aromatic carbocycles. The van der Waals surface area contributed by atoms with Gasteiger partial charge in [-0.05, 0) is 56.1 Å². The molecule has 8 heteroatoms. The van der Waals surface area contributed by atoms with E-state index >= 15 is 0 Å². The van der Waals surface area contributed by atoms with E-state index in [2.05, 4.69) is 10.2 Å². The van der Waals surface area contributed by atoms with Crippen LogP contribution >= 0.6 is 0 Å². The largest absolute Gasteiger partial charge is 0.453 e. The number of nitrogens with one attached hydrogen (secondary N) is 1. The van der Waals surface area contributed by atoms with E-state index in [0.717, 1.165) is 37.3 Å². The summed E-state index contributed by atoms with van der Waals surface area (Å²) in [5.41, 5.74) is 2.71. The smallest absolute Gasteiger partial charge is 0.338 e. The van der Waals surface area contributed by atoms with Crippen LogP contribution in [-0.2, 0) is 9.53 Å². The standard InChI is InChI=1S/C28H30N4O4/c1-20-26(27(31-17-9-14-25(31)29-20)22-12-8-13-23(18-22)32(34)35)28(33)36-24(21-10-4-2-5-11-21)19-30-15-6-3-7-16-30/h2,4-5,8-14,17-18,24,27,29H,3,6-7,15-16,19H2,1H3. The average Bonchev–Trinajstić information content (AvgIpc) is 3.36. The zero-order valence-electron chi connectivity index (χ0n) is 20.3. The maximum Gasteiger partial charge on any atom is 0.338 e. The first kappa shape index (κ1) is 23.8. The third kappa shape index (κ3) is 4.90. The maximum absolute atomic E-state index is 13.9. The number of hydrogen-bond acceptors (Lipinski definition) is 6. The molecule has 5 rings (SSSR count). The second-order valence-corrected chi connectivity index (χ2v) is 9.38. The summed E-state index contributed by atoms with van der Waals surface area (Å²) in [6.07, 6.45) is 4.97. The van der Waals surface area contributed by atoms with Crippen LogP contribution in [0.4, 0.5) is 11.5 Å². The number of nitrogens with zero attached hydrogens (tertiary/aromatic N) is 3. The van der Waals surface area contributed by atoms with E-state index in [1.54, 1.807) is 6.07 Å². The number of non-ortho nitro benzene ring substituents is 1. The quantitative estimate of drug-likeness (QED) is 0.271. The number of nitro benzene ring substituents is 1. The molecule has 1 saturated heterocycles. The van der Waals surface area contributed by atoms with Gasteiger partial charge in [-0.25, -0.2) is 4.79 Å². The first-order valence-corrected chi connectivity index (χ1v) is 12.4. The fourth-order valence-electron chi connectivity index (χ4n) is 5.18. The molecule has 0 bridgehead atoms. The number of benzene rings is 2. The number of carbonyl (C=O) groups excluding carboxylic acids is 1. The minimum atomic E-state index is -0.546. The Labute approximate surface area is 210 Å². The fourth-order valence-corrected chi connectivity index (χ4v) is 5.18. The summed E-state index contributed by atoms with van der Waals surface area (Å²) >= 11 is 0. The van der Waals surface area contributed by atoms with Crippen molar-refractivity contribution in [2.45, 2.75) is 38.3 Å². The average molecular weight is 487 g/mol. The van der Waals surface area contributed by atoms with Gasteiger partial charge in [-0.3, -0.25) is 15.0 Å². The number of likely N-dealkylation sites (tertiary alicyclic amines) is 1. The van der Waals surface area contributed by atoms with Crippen LogP contribution in [0.5, 0.6) is 0 Å². The van der Waals surface area contributed by atoms with Crippen LogP contribution in [-0.4, -0.2) is 40.0 Å². The Hall–Kier alpha value is -3.91. The molecule has 2 aliphatic heterocycles. The fraction of sp³-hybridized carbons (Fsp3) is 0.321. The number of nitro groups is 1. The molecule has 1 fully saturated rings. The van der Waals surface area contributed by atoms with E-state index in [-0.39, 0.29) is 5.69 Å². The van der Waals surface area contributed by atoms with Crippen LogP contribution in [0.2, 0.25) is 0 Å². The highest BCUT2D eigenvalue weighted by Gasteiger charge is 2.35. The zero-order valence-corrected chi connectivity index (χ0v) is 20.3. The highest BCUT2D eigenvalue weighted by atomic mass is 16.6. The molecule has 1 aromatic heterocycles. The van der Waals surface area contributed by atoms with Crippen LogP contribution < -0.4 is 5.32 Å². The Balaban J connectivity index is 1.49. The van der Waals surface area contributed by atoms with E-state index in [9.17, 15) is 14.9 Å². The first-order valence-electron chi connectivity index (χ1n) is 12.4. The Morgan fingerprint density at radius 3 is 2.61 bits per heavy atom. The molecule has 3 heterocycles. The van der Waals surface area contributed by atoms with Crippen LogP contribution in [0.25, 0.3) is 0 Å². The monoisotopic (exact) mass is 486 g/mol. The molecule has 8 nitrogen and oxygen atoms in total. The number of ether oxygens (including phenoxy) is 1. The van der Waals surface area contributed by atoms with Gasteiger partial charge >= 0.3 is 5.97 Å². The number of piperidine rings is 1. The van der Waals surface area contributed by atoms with Gasteiger partial charge in [0.25, 0.3) is 5.69 Å². The lowest BCUT2D eigenvalue weighted by atomic mass is 9.94. The summed E-state index contributed by atoms with van der Waals surface area (Å²) < 4.78 is 8.17. The predicted octanol–water partition coefficient (Wildman–Crippen LogP) is 5.46. The van der Waals surface area contributed by atoms with Gasteiger partial charge in [0.05, 0.1) is 16.5 Å². The number of allylic oxidation sites excluding steroid dienone is 1. The highest BCUT2D eigenvalue weighted by Crippen LogP contribution is 2.39. The Kier molecular flexibility index (Phi) is 6.86. The van der Waals surface area contributed by atoms with Crippen molar-refractivity contribution in [1.29, 1.82) is 0 Å². The van der Waals surface area contributed by atoms with Gasteiger partial charge < -0.3 is 14.6 Å². The number of fused-ring (bicyclic) bond motifs is 1. The molecule has 0 radical (unpaired) electrons. The van der Waals surface area contributed by atoms with Crippen molar-refractivity contribution >= 4 is 17.5 Å². The van der Waals surface area contributed by atoms with E-state index in [1.807, 2.05) is 66.2 Å². The summed E-state index contributed by atoms with van der Waals surface area (Å²) in [6, 6.07) is 19.6. The lowest BCUT2D eigenvalue weighted by molar-refractivity contribution is -0.384. The normalized spacial score (nSPS) is 18.8. The molecular formula is C28H30N4O4. The van der Waals surface area contributed by atoms with Crippen molar-refractivity contribution in [3.8, 4) is 0 Å². The van der Waals surface area contributed by atoms with Crippen LogP contribution in [0.1, 0.15) is 49.5 Å². The van der Waals surface area contributed by atoms with Crippen molar-refractivity contribution in [3.05, 3.63) is 105 Å². The van der Waals surface area contributed by atoms with E-state index in [0.29, 0.717) is 23.4 Å². The minimum Gasteiger partial charge on any atom is -0.453 e. The molecule has 2 unspecified atom stereocenters. The molecule has 2 atom stereocenters. The van der Waals surface area contributed by atoms with Gasteiger partial charge in [0, 0.05) is 30.6 Å². The highest BCUT2D eigenvalue weighted by molar-refractivity contribution is 5.93. The third-order valence-electron chi connectivity index (χ3n) is 6.96. The van der Waals surface area contributed by atoms with Gasteiger partial charge in [-0.1, -0.05) is 48.9 Å². The lowest BCUT2D eigenvalue weighted by Gasteiger charge is -2.33. The molecule has 3 aromatic rings. The second kappa shape index (κ2) is 10.4. The van der Waals surface area contributed by atoms with Crippen molar-refractivity contribution in [2.75, 3.05) is 25.0 Å². The van der Waals surface area contributed by atoms with Gasteiger partial charge in [-0.15, -0.1) is 0 Å². The number of aromatic nitrogens is 1. The predicted molar refractivity (Wildman–Crippen MR) is 138 cm³/mol. The molecular weight excluding hydrogens is 456 g/mol.